The zero-order chi connectivity index (χ0) is 14.8. The number of fused-ring (bicyclic) bond motifs is 1. The smallest absolute Gasteiger partial charge is 0.146 e. The van der Waals surface area contributed by atoms with Gasteiger partial charge in [-0.3, -0.25) is 4.98 Å². The van der Waals surface area contributed by atoms with Crippen molar-refractivity contribution in [3.63, 3.8) is 0 Å². The SMILES string of the molecule is Nc1ccc(OCc2ccc(Cl)cc2)c2ncc(Br)cc12. The fraction of sp³-hybridized carbons (Fsp3) is 0.0625. The van der Waals surface area contributed by atoms with E-state index in [-0.39, 0.29) is 0 Å². The molecule has 0 radical (unpaired) electrons. The summed E-state index contributed by atoms with van der Waals surface area (Å²) < 4.78 is 6.75. The molecule has 0 aliphatic rings. The molecule has 3 aromatic rings. The molecule has 0 amide bonds. The van der Waals surface area contributed by atoms with Gasteiger partial charge in [0.25, 0.3) is 0 Å². The molecule has 3 rings (SSSR count). The summed E-state index contributed by atoms with van der Waals surface area (Å²) in [7, 11) is 0. The second-order valence-electron chi connectivity index (χ2n) is 4.62. The number of benzene rings is 2. The minimum atomic E-state index is 0.452. The van der Waals surface area contributed by atoms with Crippen molar-refractivity contribution in [1.29, 1.82) is 0 Å². The molecule has 2 N–H and O–H groups in total. The predicted molar refractivity (Wildman–Crippen MR) is 89.6 cm³/mol. The fourth-order valence-corrected chi connectivity index (χ4v) is 2.51. The van der Waals surface area contributed by atoms with Crippen LogP contribution in [0, 0.1) is 0 Å². The molecule has 0 saturated carbocycles. The van der Waals surface area contributed by atoms with Gasteiger partial charge in [-0.1, -0.05) is 23.7 Å². The van der Waals surface area contributed by atoms with Crippen LogP contribution in [0.2, 0.25) is 5.02 Å². The standard InChI is InChI=1S/C16H12BrClN2O/c17-11-7-13-14(19)5-6-15(16(13)20-8-11)21-9-10-1-3-12(18)4-2-10/h1-8H,9,19H2. The van der Waals surface area contributed by atoms with Gasteiger partial charge in [0.15, 0.2) is 0 Å². The van der Waals surface area contributed by atoms with Gasteiger partial charge in [0.2, 0.25) is 0 Å². The number of nitrogens with two attached hydrogens (primary N) is 1. The Labute approximate surface area is 135 Å². The summed E-state index contributed by atoms with van der Waals surface area (Å²) in [6.07, 6.45) is 1.73. The quantitative estimate of drug-likeness (QED) is 0.679. The molecule has 1 aromatic heterocycles. The molecule has 2 aromatic carbocycles. The van der Waals surface area contributed by atoms with E-state index in [1.54, 1.807) is 6.20 Å². The van der Waals surface area contributed by atoms with Crippen molar-refractivity contribution in [3.8, 4) is 5.75 Å². The van der Waals surface area contributed by atoms with E-state index in [4.69, 9.17) is 22.1 Å². The molecule has 0 atom stereocenters. The van der Waals surface area contributed by atoms with Crippen LogP contribution >= 0.6 is 27.5 Å². The van der Waals surface area contributed by atoms with Crippen LogP contribution in [0.3, 0.4) is 0 Å². The predicted octanol–water partition coefficient (Wildman–Crippen LogP) is 4.81. The van der Waals surface area contributed by atoms with E-state index in [2.05, 4.69) is 20.9 Å². The van der Waals surface area contributed by atoms with E-state index < -0.39 is 0 Å². The van der Waals surface area contributed by atoms with Gasteiger partial charge in [-0.15, -0.1) is 0 Å². The van der Waals surface area contributed by atoms with Crippen molar-refractivity contribution < 1.29 is 4.74 Å². The van der Waals surface area contributed by atoms with Crippen molar-refractivity contribution in [2.24, 2.45) is 0 Å². The molecule has 3 nitrogen and oxygen atoms in total. The number of ether oxygens (including phenoxy) is 1. The third-order valence-corrected chi connectivity index (χ3v) is 3.81. The average molecular weight is 364 g/mol. The van der Waals surface area contributed by atoms with Crippen molar-refractivity contribution in [3.05, 3.63) is 63.7 Å². The van der Waals surface area contributed by atoms with Crippen molar-refractivity contribution in [2.45, 2.75) is 6.61 Å². The lowest BCUT2D eigenvalue weighted by Gasteiger charge is -2.10. The molecule has 5 heteroatoms. The van der Waals surface area contributed by atoms with Crippen LogP contribution in [-0.4, -0.2) is 4.98 Å². The highest BCUT2D eigenvalue weighted by Gasteiger charge is 2.07. The molecule has 0 aliphatic heterocycles. The molecular weight excluding hydrogens is 352 g/mol. The number of pyridine rings is 1. The number of hydrogen-bond donors (Lipinski definition) is 1. The summed E-state index contributed by atoms with van der Waals surface area (Å²) in [6.45, 7) is 0.452. The Bertz CT molecular complexity index is 790. The molecule has 1 heterocycles. The zero-order valence-corrected chi connectivity index (χ0v) is 13.4. The third kappa shape index (κ3) is 3.12. The maximum atomic E-state index is 5.99. The van der Waals surface area contributed by atoms with Gasteiger partial charge in [-0.05, 0) is 51.8 Å². The summed E-state index contributed by atoms with van der Waals surface area (Å²) in [4.78, 5) is 4.39. The number of anilines is 1. The molecule has 0 fully saturated rings. The van der Waals surface area contributed by atoms with E-state index in [1.807, 2.05) is 42.5 Å². The zero-order valence-electron chi connectivity index (χ0n) is 11.0. The van der Waals surface area contributed by atoms with Crippen LogP contribution in [-0.2, 0) is 6.61 Å². The molecular formula is C16H12BrClN2O. The van der Waals surface area contributed by atoms with Crippen LogP contribution in [0.5, 0.6) is 5.75 Å². The van der Waals surface area contributed by atoms with Crippen molar-refractivity contribution in [1.82, 2.24) is 4.98 Å². The molecule has 0 spiro atoms. The van der Waals surface area contributed by atoms with Gasteiger partial charge in [0, 0.05) is 26.8 Å². The topological polar surface area (TPSA) is 48.1 Å². The van der Waals surface area contributed by atoms with Gasteiger partial charge in [0.1, 0.15) is 17.9 Å². The highest BCUT2D eigenvalue weighted by atomic mass is 79.9. The van der Waals surface area contributed by atoms with Gasteiger partial charge in [0.05, 0.1) is 0 Å². The van der Waals surface area contributed by atoms with E-state index in [9.17, 15) is 0 Å². The van der Waals surface area contributed by atoms with E-state index in [0.717, 1.165) is 20.9 Å². The third-order valence-electron chi connectivity index (χ3n) is 3.12. The highest BCUT2D eigenvalue weighted by Crippen LogP contribution is 2.30. The van der Waals surface area contributed by atoms with Crippen LogP contribution in [0.25, 0.3) is 10.9 Å². The van der Waals surface area contributed by atoms with Gasteiger partial charge in [-0.2, -0.15) is 0 Å². The van der Waals surface area contributed by atoms with E-state index >= 15 is 0 Å². The summed E-state index contributed by atoms with van der Waals surface area (Å²) in [5.74, 6) is 0.710. The van der Waals surface area contributed by atoms with Crippen LogP contribution in [0.1, 0.15) is 5.56 Å². The summed E-state index contributed by atoms with van der Waals surface area (Å²) in [5.41, 5.74) is 8.46. The first-order valence-corrected chi connectivity index (χ1v) is 7.51. The monoisotopic (exact) mass is 362 g/mol. The maximum Gasteiger partial charge on any atom is 0.146 e. The molecule has 106 valence electrons. The largest absolute Gasteiger partial charge is 0.487 e. The second kappa shape index (κ2) is 5.92. The van der Waals surface area contributed by atoms with Crippen molar-refractivity contribution in [2.75, 3.05) is 5.73 Å². The Kier molecular flexibility index (Phi) is 3.99. The summed E-state index contributed by atoms with van der Waals surface area (Å²) >= 11 is 9.27. The lowest BCUT2D eigenvalue weighted by atomic mass is 10.1. The Hall–Kier alpha value is -1.78. The molecule has 21 heavy (non-hydrogen) atoms. The lowest BCUT2D eigenvalue weighted by Crippen LogP contribution is -1.98. The molecule has 0 saturated heterocycles. The first-order valence-electron chi connectivity index (χ1n) is 6.34. The second-order valence-corrected chi connectivity index (χ2v) is 5.97. The number of nitrogens with zero attached hydrogens (tertiary/aromatic N) is 1. The first-order chi connectivity index (χ1) is 10.1. The fourth-order valence-electron chi connectivity index (χ4n) is 2.05. The lowest BCUT2D eigenvalue weighted by molar-refractivity contribution is 0.309. The van der Waals surface area contributed by atoms with Crippen LogP contribution in [0.4, 0.5) is 5.69 Å². The van der Waals surface area contributed by atoms with Gasteiger partial charge in [-0.25, -0.2) is 0 Å². The summed E-state index contributed by atoms with van der Waals surface area (Å²) in [6, 6.07) is 13.2. The minimum absolute atomic E-state index is 0.452. The Morgan fingerprint density at radius 2 is 1.90 bits per heavy atom. The number of hydrogen-bond acceptors (Lipinski definition) is 3. The average Bonchev–Trinajstić information content (AvgIpc) is 2.49. The Morgan fingerprint density at radius 1 is 1.14 bits per heavy atom. The number of nitrogen functional groups attached to an aromatic ring is 1. The highest BCUT2D eigenvalue weighted by molar-refractivity contribution is 9.10. The van der Waals surface area contributed by atoms with Gasteiger partial charge >= 0.3 is 0 Å². The normalized spacial score (nSPS) is 10.8. The number of aromatic nitrogens is 1. The molecule has 0 bridgehead atoms. The van der Waals surface area contributed by atoms with Crippen molar-refractivity contribution >= 4 is 44.1 Å². The first kappa shape index (κ1) is 14.2. The molecule has 0 aliphatic carbocycles. The van der Waals surface area contributed by atoms with E-state index in [0.29, 0.717) is 23.1 Å². The van der Waals surface area contributed by atoms with Gasteiger partial charge < -0.3 is 10.5 Å². The maximum absolute atomic E-state index is 5.99. The number of halogens is 2. The summed E-state index contributed by atoms with van der Waals surface area (Å²) in [5, 5.41) is 1.58. The molecule has 0 unspecified atom stereocenters. The van der Waals surface area contributed by atoms with E-state index in [1.165, 1.54) is 0 Å². The van der Waals surface area contributed by atoms with Crippen LogP contribution < -0.4 is 10.5 Å². The van der Waals surface area contributed by atoms with Crippen LogP contribution in [0.15, 0.2) is 53.1 Å². The Balaban J connectivity index is 1.90. The Morgan fingerprint density at radius 3 is 2.67 bits per heavy atom. The number of rotatable bonds is 3. The minimum Gasteiger partial charge on any atom is -0.487 e.